The van der Waals surface area contributed by atoms with Crippen LogP contribution in [0.4, 0.5) is 4.39 Å². The molecule has 0 saturated carbocycles. The Balaban J connectivity index is 1.53. The molecule has 1 aromatic heterocycles. The number of rotatable bonds is 7. The van der Waals surface area contributed by atoms with E-state index >= 15 is 0 Å². The van der Waals surface area contributed by atoms with E-state index in [2.05, 4.69) is 17.3 Å². The summed E-state index contributed by atoms with van der Waals surface area (Å²) in [6.07, 6.45) is 2.37. The first-order chi connectivity index (χ1) is 15.8. The minimum Gasteiger partial charge on any atom is -0.347 e. The number of hydrogen-bond acceptors (Lipinski definition) is 4. The quantitative estimate of drug-likeness (QED) is 0.575. The lowest BCUT2D eigenvalue weighted by Crippen LogP contribution is -2.37. The van der Waals surface area contributed by atoms with Crippen LogP contribution >= 0.6 is 0 Å². The first-order valence-corrected chi connectivity index (χ1v) is 12.4. The number of nitrogens with one attached hydrogen (secondary N) is 1. The van der Waals surface area contributed by atoms with Gasteiger partial charge >= 0.3 is 0 Å². The molecule has 2 aromatic carbocycles. The molecular weight excluding hydrogens is 443 g/mol. The molecule has 1 aliphatic rings. The van der Waals surface area contributed by atoms with Crippen molar-refractivity contribution >= 4 is 15.9 Å². The van der Waals surface area contributed by atoms with Gasteiger partial charge in [-0.25, -0.2) is 12.8 Å². The lowest BCUT2D eigenvalue weighted by molar-refractivity contribution is 0.0943. The van der Waals surface area contributed by atoms with Crippen molar-refractivity contribution in [3.05, 3.63) is 82.4 Å². The van der Waals surface area contributed by atoms with Gasteiger partial charge in [-0.05, 0) is 41.8 Å². The van der Waals surface area contributed by atoms with E-state index in [4.69, 9.17) is 0 Å². The molecule has 33 heavy (non-hydrogen) atoms. The number of amides is 1. The topological polar surface area (TPSA) is 84.3 Å². The molecule has 0 saturated heterocycles. The van der Waals surface area contributed by atoms with Gasteiger partial charge < -0.3 is 5.32 Å². The van der Waals surface area contributed by atoms with Gasteiger partial charge in [-0.15, -0.1) is 0 Å². The lowest BCUT2D eigenvalue weighted by Gasteiger charge is -2.27. The molecule has 0 bridgehead atoms. The number of halogens is 1. The minimum atomic E-state index is -3.70. The predicted octanol–water partition coefficient (Wildman–Crippen LogP) is 3.19. The summed E-state index contributed by atoms with van der Waals surface area (Å²) in [5.41, 5.74) is 3.54. The molecule has 2 heterocycles. The molecule has 0 unspecified atom stereocenters. The molecule has 0 spiro atoms. The summed E-state index contributed by atoms with van der Waals surface area (Å²) in [5.74, 6) is -0.732. The van der Waals surface area contributed by atoms with E-state index in [9.17, 15) is 17.6 Å². The highest BCUT2D eigenvalue weighted by Gasteiger charge is 2.33. The molecule has 0 fully saturated rings. The Morgan fingerprint density at radius 2 is 1.76 bits per heavy atom. The van der Waals surface area contributed by atoms with Gasteiger partial charge in [0.2, 0.25) is 10.0 Å². The van der Waals surface area contributed by atoms with Crippen molar-refractivity contribution in [1.82, 2.24) is 19.4 Å². The zero-order valence-corrected chi connectivity index (χ0v) is 19.5. The van der Waals surface area contributed by atoms with Gasteiger partial charge in [0, 0.05) is 44.4 Å². The van der Waals surface area contributed by atoms with Crippen molar-refractivity contribution in [2.45, 2.75) is 44.2 Å². The number of hydrogen-bond donors (Lipinski definition) is 1. The fourth-order valence-electron chi connectivity index (χ4n) is 4.09. The third-order valence-electron chi connectivity index (χ3n) is 5.89. The van der Waals surface area contributed by atoms with Crippen LogP contribution in [0.3, 0.4) is 0 Å². The van der Waals surface area contributed by atoms with E-state index in [1.54, 1.807) is 36.0 Å². The number of aryl methyl sites for hydroxylation is 2. The molecule has 9 heteroatoms. The van der Waals surface area contributed by atoms with Gasteiger partial charge in [0.05, 0.1) is 4.90 Å². The van der Waals surface area contributed by atoms with Crippen LogP contribution in [0.2, 0.25) is 0 Å². The van der Waals surface area contributed by atoms with E-state index in [-0.39, 0.29) is 35.4 Å². The average molecular weight is 471 g/mol. The smallest absolute Gasteiger partial charge is 0.272 e. The third kappa shape index (κ3) is 4.84. The first kappa shape index (κ1) is 23.1. The predicted molar refractivity (Wildman–Crippen MR) is 123 cm³/mol. The van der Waals surface area contributed by atoms with E-state index < -0.39 is 10.0 Å². The number of nitrogens with zero attached hydrogens (tertiary/aromatic N) is 3. The Bertz CT molecular complexity index is 1250. The summed E-state index contributed by atoms with van der Waals surface area (Å²) in [6.45, 7) is 2.71. The number of fused-ring (bicyclic) bond motifs is 1. The van der Waals surface area contributed by atoms with E-state index in [0.29, 0.717) is 18.5 Å². The Morgan fingerprint density at radius 1 is 1.09 bits per heavy atom. The molecule has 0 aliphatic carbocycles. The maximum absolute atomic E-state index is 13.3. The second-order valence-electron chi connectivity index (χ2n) is 8.19. The second kappa shape index (κ2) is 9.44. The zero-order valence-electron chi connectivity index (χ0n) is 18.7. The van der Waals surface area contributed by atoms with E-state index in [1.165, 1.54) is 16.4 Å². The van der Waals surface area contributed by atoms with Crippen LogP contribution in [0.1, 0.15) is 46.2 Å². The summed E-state index contributed by atoms with van der Waals surface area (Å²) < 4.78 is 42.7. The van der Waals surface area contributed by atoms with Gasteiger partial charge in [-0.2, -0.15) is 9.40 Å². The lowest BCUT2D eigenvalue weighted by atomic mass is 10.1. The average Bonchev–Trinajstić information content (AvgIpc) is 3.15. The van der Waals surface area contributed by atoms with Crippen LogP contribution in [0.25, 0.3) is 0 Å². The minimum absolute atomic E-state index is 0.0848. The first-order valence-electron chi connectivity index (χ1n) is 11.0. The van der Waals surface area contributed by atoms with Crippen LogP contribution in [0.5, 0.6) is 0 Å². The number of carbonyl (C=O) groups is 1. The Morgan fingerprint density at radius 3 is 2.42 bits per heavy atom. The summed E-state index contributed by atoms with van der Waals surface area (Å²) in [5, 5.41) is 7.16. The highest BCUT2D eigenvalue weighted by Crippen LogP contribution is 2.27. The van der Waals surface area contributed by atoms with Crippen molar-refractivity contribution in [2.75, 3.05) is 6.54 Å². The Kier molecular flexibility index (Phi) is 6.62. The molecule has 1 N–H and O–H groups in total. The summed E-state index contributed by atoms with van der Waals surface area (Å²) >= 11 is 0. The SMILES string of the molecule is CCCc1ccc(S(=O)(=O)N2CCc3c(c(C(=O)NCc4ccc(F)cc4)nn3C)C2)cc1. The zero-order chi connectivity index (χ0) is 23.6. The summed E-state index contributed by atoms with van der Waals surface area (Å²) in [7, 11) is -1.94. The van der Waals surface area contributed by atoms with Crippen LogP contribution < -0.4 is 5.32 Å². The Hall–Kier alpha value is -3.04. The van der Waals surface area contributed by atoms with Crippen molar-refractivity contribution in [3.63, 3.8) is 0 Å². The molecular formula is C24H27FN4O3S. The summed E-state index contributed by atoms with van der Waals surface area (Å²) in [4.78, 5) is 13.1. The number of aromatic nitrogens is 2. The number of carbonyl (C=O) groups excluding carboxylic acids is 1. The second-order valence-corrected chi connectivity index (χ2v) is 10.1. The van der Waals surface area contributed by atoms with Gasteiger partial charge in [0.1, 0.15) is 5.82 Å². The number of benzene rings is 2. The third-order valence-corrected chi connectivity index (χ3v) is 7.75. The highest BCUT2D eigenvalue weighted by atomic mass is 32.2. The van der Waals surface area contributed by atoms with Crippen LogP contribution in [0, 0.1) is 5.82 Å². The maximum atomic E-state index is 13.3. The maximum Gasteiger partial charge on any atom is 0.272 e. The van der Waals surface area contributed by atoms with Gasteiger partial charge in [-0.3, -0.25) is 9.48 Å². The van der Waals surface area contributed by atoms with Crippen molar-refractivity contribution in [1.29, 1.82) is 0 Å². The number of sulfonamides is 1. The van der Waals surface area contributed by atoms with Gasteiger partial charge in [0.25, 0.3) is 5.91 Å². The normalized spacial score (nSPS) is 14.2. The van der Waals surface area contributed by atoms with Crippen LogP contribution in [-0.2, 0) is 43.0 Å². The van der Waals surface area contributed by atoms with Crippen LogP contribution in [0.15, 0.2) is 53.4 Å². The van der Waals surface area contributed by atoms with Crippen molar-refractivity contribution in [3.8, 4) is 0 Å². The standard InChI is InChI=1S/C24H27FN4O3S/c1-3-4-17-7-11-20(12-8-17)33(31,32)29-14-13-22-21(16-29)23(27-28(22)2)24(30)26-15-18-5-9-19(25)10-6-18/h5-12H,3-4,13-16H2,1-2H3,(H,26,30). The molecule has 3 aromatic rings. The summed E-state index contributed by atoms with van der Waals surface area (Å²) in [6, 6.07) is 12.9. The van der Waals surface area contributed by atoms with Gasteiger partial charge in [0.15, 0.2) is 5.69 Å². The van der Waals surface area contributed by atoms with E-state index in [0.717, 1.165) is 29.7 Å². The fraction of sp³-hybridized carbons (Fsp3) is 0.333. The molecule has 7 nitrogen and oxygen atoms in total. The molecule has 0 atom stereocenters. The molecule has 1 amide bonds. The molecule has 1 aliphatic heterocycles. The Labute approximate surface area is 193 Å². The van der Waals surface area contributed by atoms with Crippen molar-refractivity contribution in [2.24, 2.45) is 7.05 Å². The van der Waals surface area contributed by atoms with Crippen LogP contribution in [-0.4, -0.2) is 35.0 Å². The molecule has 4 rings (SSSR count). The van der Waals surface area contributed by atoms with Gasteiger partial charge in [-0.1, -0.05) is 37.6 Å². The largest absolute Gasteiger partial charge is 0.347 e. The fourth-order valence-corrected chi connectivity index (χ4v) is 5.50. The molecule has 0 radical (unpaired) electrons. The molecule has 174 valence electrons. The van der Waals surface area contributed by atoms with E-state index in [1.807, 2.05) is 12.1 Å². The van der Waals surface area contributed by atoms with Crippen molar-refractivity contribution < 1.29 is 17.6 Å². The monoisotopic (exact) mass is 470 g/mol. The highest BCUT2D eigenvalue weighted by molar-refractivity contribution is 7.89.